The molecule has 16 heteroatoms. The number of benzene rings is 3. The van der Waals surface area contributed by atoms with E-state index in [0.717, 1.165) is 12.1 Å². The Hall–Kier alpha value is -4.63. The second-order valence-electron chi connectivity index (χ2n) is 8.62. The Labute approximate surface area is 249 Å². The number of hydrogen-bond acceptors (Lipinski definition) is 8. The van der Waals surface area contributed by atoms with Crippen LogP contribution in [0, 0.1) is 15.9 Å². The number of amides is 3. The fourth-order valence-corrected chi connectivity index (χ4v) is 4.73. The van der Waals surface area contributed by atoms with E-state index >= 15 is 0 Å². The second-order valence-corrected chi connectivity index (χ2v) is 10.0. The van der Waals surface area contributed by atoms with Crippen molar-refractivity contribution in [3.05, 3.63) is 91.6 Å². The van der Waals surface area contributed by atoms with Gasteiger partial charge in [-0.2, -0.15) is 13.2 Å². The van der Waals surface area contributed by atoms with E-state index in [1.165, 1.54) is 36.4 Å². The first kappa shape index (κ1) is 31.3. The van der Waals surface area contributed by atoms with Gasteiger partial charge in [0.15, 0.2) is 11.5 Å². The van der Waals surface area contributed by atoms with Gasteiger partial charge in [-0.05, 0) is 72.8 Å². The summed E-state index contributed by atoms with van der Waals surface area (Å²) in [5, 5.41) is 12.9. The summed E-state index contributed by atoms with van der Waals surface area (Å²) in [6.45, 7) is 1.12. The number of carbonyl (C=O) groups is 3. The van der Waals surface area contributed by atoms with E-state index in [1.54, 1.807) is 6.92 Å². The average molecular weight is 640 g/mol. The van der Waals surface area contributed by atoms with Crippen LogP contribution >= 0.6 is 23.4 Å². The Morgan fingerprint density at radius 1 is 1.09 bits per heavy atom. The zero-order valence-electron chi connectivity index (χ0n) is 21.7. The molecule has 224 valence electrons. The number of nitro benzene ring substituents is 1. The van der Waals surface area contributed by atoms with Crippen molar-refractivity contribution in [3.63, 3.8) is 0 Å². The quantitative estimate of drug-likeness (QED) is 0.112. The van der Waals surface area contributed by atoms with E-state index in [-0.39, 0.29) is 33.7 Å². The van der Waals surface area contributed by atoms with Gasteiger partial charge in [-0.15, -0.1) is 0 Å². The van der Waals surface area contributed by atoms with E-state index in [9.17, 15) is 42.1 Å². The lowest BCUT2D eigenvalue weighted by Crippen LogP contribution is -2.36. The number of nitro groups is 1. The van der Waals surface area contributed by atoms with Gasteiger partial charge in [0.2, 0.25) is 11.7 Å². The van der Waals surface area contributed by atoms with Crippen molar-refractivity contribution in [2.24, 2.45) is 0 Å². The average Bonchev–Trinajstić information content (AvgIpc) is 3.19. The third-order valence-corrected chi connectivity index (χ3v) is 6.84. The molecular weight excluding hydrogens is 622 g/mol. The number of hydrogen-bond donors (Lipinski definition) is 1. The molecule has 0 aliphatic carbocycles. The van der Waals surface area contributed by atoms with Crippen molar-refractivity contribution < 1.29 is 46.3 Å². The number of anilines is 1. The first-order valence-corrected chi connectivity index (χ1v) is 13.3. The second kappa shape index (κ2) is 12.7. The molecule has 0 atom stereocenters. The Morgan fingerprint density at radius 2 is 1.81 bits per heavy atom. The summed E-state index contributed by atoms with van der Waals surface area (Å²) in [5.41, 5.74) is -1.64. The van der Waals surface area contributed by atoms with Crippen LogP contribution in [0.2, 0.25) is 5.02 Å². The smallest absolute Gasteiger partial charge is 0.416 e. The third kappa shape index (κ3) is 7.42. The lowest BCUT2D eigenvalue weighted by molar-refractivity contribution is -0.385. The zero-order chi connectivity index (χ0) is 31.5. The predicted octanol–water partition coefficient (Wildman–Crippen LogP) is 7.27. The Kier molecular flexibility index (Phi) is 9.25. The van der Waals surface area contributed by atoms with Crippen molar-refractivity contribution >= 4 is 57.9 Å². The molecule has 0 aromatic heterocycles. The van der Waals surface area contributed by atoms with Crippen LogP contribution in [-0.4, -0.2) is 40.0 Å². The molecule has 3 aromatic rings. The summed E-state index contributed by atoms with van der Waals surface area (Å²) in [6.07, 6.45) is -3.46. The van der Waals surface area contributed by atoms with E-state index < -0.39 is 57.5 Å². The molecule has 1 fully saturated rings. The number of imide groups is 1. The van der Waals surface area contributed by atoms with Crippen LogP contribution in [0.1, 0.15) is 18.1 Å². The van der Waals surface area contributed by atoms with Crippen LogP contribution in [0.4, 0.5) is 33.7 Å². The van der Waals surface area contributed by atoms with E-state index in [2.05, 4.69) is 5.32 Å². The van der Waals surface area contributed by atoms with E-state index in [4.69, 9.17) is 21.1 Å². The largest absolute Gasteiger partial charge is 0.490 e. The van der Waals surface area contributed by atoms with Crippen molar-refractivity contribution in [3.8, 4) is 17.2 Å². The van der Waals surface area contributed by atoms with Crippen LogP contribution in [0.15, 0.2) is 59.5 Å². The van der Waals surface area contributed by atoms with Gasteiger partial charge in [0, 0.05) is 11.8 Å². The summed E-state index contributed by atoms with van der Waals surface area (Å²) >= 11 is 6.27. The Morgan fingerprint density at radius 3 is 2.47 bits per heavy atom. The van der Waals surface area contributed by atoms with Crippen molar-refractivity contribution in [1.82, 2.24) is 4.90 Å². The van der Waals surface area contributed by atoms with Crippen molar-refractivity contribution in [2.75, 3.05) is 18.5 Å². The van der Waals surface area contributed by atoms with Crippen LogP contribution < -0.4 is 14.8 Å². The zero-order valence-corrected chi connectivity index (χ0v) is 23.3. The molecule has 0 saturated carbocycles. The maximum atomic E-state index is 13.3. The highest BCUT2D eigenvalue weighted by Gasteiger charge is 2.37. The van der Waals surface area contributed by atoms with E-state index in [1.807, 2.05) is 0 Å². The molecule has 1 aliphatic rings. The Bertz CT molecular complexity index is 1670. The molecule has 0 unspecified atom stereocenters. The van der Waals surface area contributed by atoms with Gasteiger partial charge in [-0.1, -0.05) is 17.7 Å². The minimum absolute atomic E-state index is 0.0304. The van der Waals surface area contributed by atoms with Crippen LogP contribution in [0.5, 0.6) is 17.2 Å². The first-order valence-electron chi connectivity index (χ1n) is 12.1. The van der Waals surface area contributed by atoms with Crippen LogP contribution in [0.3, 0.4) is 0 Å². The fourth-order valence-electron chi connectivity index (χ4n) is 3.71. The number of nitrogens with zero attached hydrogens (tertiary/aromatic N) is 2. The van der Waals surface area contributed by atoms with Gasteiger partial charge in [-0.3, -0.25) is 29.4 Å². The topological polar surface area (TPSA) is 128 Å². The highest BCUT2D eigenvalue weighted by molar-refractivity contribution is 8.18. The Balaban J connectivity index is 1.53. The molecule has 1 N–H and O–H groups in total. The van der Waals surface area contributed by atoms with Crippen molar-refractivity contribution in [1.29, 1.82) is 0 Å². The van der Waals surface area contributed by atoms with Gasteiger partial charge in [0.1, 0.15) is 12.4 Å². The van der Waals surface area contributed by atoms with Gasteiger partial charge < -0.3 is 14.8 Å². The van der Waals surface area contributed by atoms with Gasteiger partial charge in [0.25, 0.3) is 11.1 Å². The highest BCUT2D eigenvalue weighted by atomic mass is 35.5. The molecule has 1 heterocycles. The normalized spacial score (nSPS) is 14.3. The fraction of sp³-hybridized carbons (Fsp3) is 0.148. The SMILES string of the molecule is CCOc1cc(/C=C2/SC(=O)N(CC(=O)Nc3ccc(F)c(Cl)c3)C2=O)ccc1Oc1ccc(C(F)(F)F)cc1[N+](=O)[O-]. The molecule has 0 spiro atoms. The lowest BCUT2D eigenvalue weighted by atomic mass is 10.1. The van der Waals surface area contributed by atoms with Crippen LogP contribution in [0.25, 0.3) is 6.08 Å². The number of ether oxygens (including phenoxy) is 2. The molecule has 0 bridgehead atoms. The van der Waals surface area contributed by atoms with Crippen LogP contribution in [-0.2, 0) is 15.8 Å². The third-order valence-electron chi connectivity index (χ3n) is 5.65. The van der Waals surface area contributed by atoms with E-state index in [0.29, 0.717) is 34.4 Å². The molecule has 3 aromatic carbocycles. The number of thioether (sulfide) groups is 1. The number of rotatable bonds is 9. The molecule has 1 aliphatic heterocycles. The van der Waals surface area contributed by atoms with Gasteiger partial charge >= 0.3 is 11.9 Å². The number of carbonyl (C=O) groups excluding carboxylic acids is 3. The number of halogens is 5. The molecule has 10 nitrogen and oxygen atoms in total. The molecule has 43 heavy (non-hydrogen) atoms. The van der Waals surface area contributed by atoms with Gasteiger partial charge in [-0.25, -0.2) is 4.39 Å². The maximum Gasteiger partial charge on any atom is 0.416 e. The minimum atomic E-state index is -4.80. The summed E-state index contributed by atoms with van der Waals surface area (Å²) < 4.78 is 63.6. The molecule has 4 rings (SSSR count). The summed E-state index contributed by atoms with van der Waals surface area (Å²) in [6, 6.07) is 9.43. The first-order chi connectivity index (χ1) is 20.3. The molecule has 3 amide bonds. The minimum Gasteiger partial charge on any atom is -0.490 e. The maximum absolute atomic E-state index is 13.3. The summed E-state index contributed by atoms with van der Waals surface area (Å²) in [4.78, 5) is 48.9. The molecular formula is C27H18ClF4N3O7S. The number of nitrogens with one attached hydrogen (secondary N) is 1. The van der Waals surface area contributed by atoms with Crippen molar-refractivity contribution in [2.45, 2.75) is 13.1 Å². The molecule has 1 saturated heterocycles. The summed E-state index contributed by atoms with van der Waals surface area (Å²) in [5.74, 6) is -2.67. The highest BCUT2D eigenvalue weighted by Crippen LogP contribution is 2.41. The molecule has 0 radical (unpaired) electrons. The number of alkyl halides is 3. The predicted molar refractivity (Wildman–Crippen MR) is 149 cm³/mol. The van der Waals surface area contributed by atoms with Gasteiger partial charge in [0.05, 0.1) is 27.0 Å². The lowest BCUT2D eigenvalue weighted by Gasteiger charge is -2.14. The summed E-state index contributed by atoms with van der Waals surface area (Å²) in [7, 11) is 0. The monoisotopic (exact) mass is 639 g/mol. The standard InChI is InChI=1S/C27H18ClF4N3O7S/c1-2-41-22-9-14(3-7-21(22)42-20-8-4-15(27(30,31)32)11-19(20)35(39)40)10-23-25(37)34(26(38)43-23)13-24(36)33-16-5-6-18(29)17(28)12-16/h3-12H,2,13H2,1H3,(H,33,36)/b23-10+.